The molecular weight excluding hydrogens is 452 g/mol. The number of carboxylic acid groups (broad SMARTS) is 1. The first-order valence-corrected chi connectivity index (χ1v) is 13.3. The van der Waals surface area contributed by atoms with E-state index >= 15 is 0 Å². The number of aliphatic carboxylic acids is 1. The Kier molecular flexibility index (Phi) is 12.7. The van der Waals surface area contributed by atoms with Crippen molar-refractivity contribution in [2.75, 3.05) is 13.2 Å². The molecule has 0 saturated carbocycles. The van der Waals surface area contributed by atoms with Gasteiger partial charge in [-0.3, -0.25) is 4.79 Å². The molecule has 0 bridgehead atoms. The third-order valence-electron chi connectivity index (χ3n) is 7.74. The van der Waals surface area contributed by atoms with E-state index < -0.39 is 30.3 Å². The van der Waals surface area contributed by atoms with Crippen molar-refractivity contribution in [3.63, 3.8) is 0 Å². The van der Waals surface area contributed by atoms with E-state index in [2.05, 4.69) is 20.8 Å². The third kappa shape index (κ3) is 9.83. The molecule has 0 spiro atoms. The van der Waals surface area contributed by atoms with Crippen LogP contribution in [-0.4, -0.2) is 71.0 Å². The van der Waals surface area contributed by atoms with Crippen molar-refractivity contribution < 1.29 is 39.1 Å². The number of carbonyl (C=O) groups excluding carboxylic acids is 1. The van der Waals surface area contributed by atoms with E-state index in [-0.39, 0.29) is 24.5 Å². The molecule has 0 aromatic heterocycles. The highest BCUT2D eigenvalue weighted by atomic mass is 16.5. The SMILES string of the molecule is C/C(=C\C(=O)OCCCCCCCCC(=O)O)C[C@@H]1OC[C@H](CC2OC(C)C(C)C2C)[C@@H](O)[C@H]1O. The minimum atomic E-state index is -1.02. The summed E-state index contributed by atoms with van der Waals surface area (Å²) in [6, 6.07) is 0. The second-order valence-electron chi connectivity index (χ2n) is 10.6. The molecule has 0 aromatic carbocycles. The lowest BCUT2D eigenvalue weighted by Gasteiger charge is -2.39. The van der Waals surface area contributed by atoms with E-state index in [9.17, 15) is 19.8 Å². The van der Waals surface area contributed by atoms with Gasteiger partial charge in [0.1, 0.15) is 6.10 Å². The average Bonchev–Trinajstić information content (AvgIpc) is 3.03. The number of hydrogen-bond acceptors (Lipinski definition) is 7. The van der Waals surface area contributed by atoms with Crippen LogP contribution in [0, 0.1) is 17.8 Å². The Morgan fingerprint density at radius 2 is 1.60 bits per heavy atom. The number of ether oxygens (including phenoxy) is 3. The number of aliphatic hydroxyl groups is 2. The van der Waals surface area contributed by atoms with Gasteiger partial charge in [-0.05, 0) is 51.4 Å². The zero-order chi connectivity index (χ0) is 26.0. The fourth-order valence-electron chi connectivity index (χ4n) is 5.07. The molecule has 0 aromatic rings. The monoisotopic (exact) mass is 498 g/mol. The Balaban J connectivity index is 1.65. The number of hydrogen-bond donors (Lipinski definition) is 3. The lowest BCUT2D eigenvalue weighted by Crippen LogP contribution is -2.51. The van der Waals surface area contributed by atoms with E-state index in [4.69, 9.17) is 19.3 Å². The predicted molar refractivity (Wildman–Crippen MR) is 132 cm³/mol. The van der Waals surface area contributed by atoms with Gasteiger partial charge in [0.05, 0.1) is 37.6 Å². The van der Waals surface area contributed by atoms with Gasteiger partial charge < -0.3 is 29.5 Å². The van der Waals surface area contributed by atoms with Crippen LogP contribution in [0.4, 0.5) is 0 Å². The van der Waals surface area contributed by atoms with Gasteiger partial charge in [-0.15, -0.1) is 0 Å². The zero-order valence-electron chi connectivity index (χ0n) is 21.9. The molecule has 8 heteroatoms. The third-order valence-corrected chi connectivity index (χ3v) is 7.74. The van der Waals surface area contributed by atoms with Crippen LogP contribution >= 0.6 is 0 Å². The molecule has 4 unspecified atom stereocenters. The van der Waals surface area contributed by atoms with Gasteiger partial charge in [-0.25, -0.2) is 4.79 Å². The molecule has 2 fully saturated rings. The summed E-state index contributed by atoms with van der Waals surface area (Å²) in [5.41, 5.74) is 0.735. The first kappa shape index (κ1) is 29.7. The minimum Gasteiger partial charge on any atom is -0.481 e. The number of aliphatic hydroxyl groups excluding tert-OH is 2. The molecule has 0 radical (unpaired) electrons. The van der Waals surface area contributed by atoms with Crippen LogP contribution in [0.15, 0.2) is 11.6 Å². The van der Waals surface area contributed by atoms with Gasteiger partial charge in [0.2, 0.25) is 0 Å². The standard InChI is InChI=1S/C27H46O8/c1-17(14-25(30)33-12-10-8-6-5-7-9-11-24(28)29)13-23-27(32)26(31)21(16-34-23)15-22-19(3)18(2)20(4)35-22/h14,18-23,26-27,31-32H,5-13,15-16H2,1-4H3,(H,28,29)/b17-14+/t18?,19?,20?,21-,22?,23-,26+,27-/m0/s1. The zero-order valence-corrected chi connectivity index (χ0v) is 21.9. The number of carboxylic acids is 1. The molecular formula is C27H46O8. The van der Waals surface area contributed by atoms with Crippen LogP contribution < -0.4 is 0 Å². The maximum Gasteiger partial charge on any atom is 0.330 e. The lowest BCUT2D eigenvalue weighted by atomic mass is 9.82. The molecule has 3 N–H and O–H groups in total. The molecule has 2 aliphatic heterocycles. The Labute approximate surface area is 210 Å². The van der Waals surface area contributed by atoms with Crippen LogP contribution in [0.1, 0.15) is 85.5 Å². The smallest absolute Gasteiger partial charge is 0.330 e. The molecule has 8 nitrogen and oxygen atoms in total. The van der Waals surface area contributed by atoms with Crippen LogP contribution in [0.3, 0.4) is 0 Å². The number of unbranched alkanes of at least 4 members (excludes halogenated alkanes) is 5. The van der Waals surface area contributed by atoms with Crippen molar-refractivity contribution in [1.29, 1.82) is 0 Å². The highest BCUT2D eigenvalue weighted by molar-refractivity contribution is 5.82. The highest BCUT2D eigenvalue weighted by Crippen LogP contribution is 2.37. The Morgan fingerprint density at radius 3 is 2.23 bits per heavy atom. The summed E-state index contributed by atoms with van der Waals surface area (Å²) in [4.78, 5) is 22.6. The Morgan fingerprint density at radius 1 is 0.943 bits per heavy atom. The average molecular weight is 499 g/mol. The fourth-order valence-corrected chi connectivity index (χ4v) is 5.07. The van der Waals surface area contributed by atoms with Gasteiger partial charge in [0.25, 0.3) is 0 Å². The summed E-state index contributed by atoms with van der Waals surface area (Å²) in [5.74, 6) is -0.492. The van der Waals surface area contributed by atoms with Crippen LogP contribution in [0.2, 0.25) is 0 Å². The largest absolute Gasteiger partial charge is 0.481 e. The normalized spacial score (nSPS) is 33.6. The molecule has 8 atom stereocenters. The van der Waals surface area contributed by atoms with Crippen LogP contribution in [0.25, 0.3) is 0 Å². The second kappa shape index (κ2) is 14.9. The minimum absolute atomic E-state index is 0.0559. The van der Waals surface area contributed by atoms with Crippen molar-refractivity contribution in [2.45, 2.75) is 116 Å². The van der Waals surface area contributed by atoms with E-state index in [1.54, 1.807) is 6.92 Å². The number of esters is 1. The molecule has 0 amide bonds. The van der Waals surface area contributed by atoms with Gasteiger partial charge in [0.15, 0.2) is 0 Å². The van der Waals surface area contributed by atoms with Crippen LogP contribution in [-0.2, 0) is 23.8 Å². The van der Waals surface area contributed by atoms with Crippen molar-refractivity contribution in [1.82, 2.24) is 0 Å². The summed E-state index contributed by atoms with van der Waals surface area (Å²) >= 11 is 0. The summed E-state index contributed by atoms with van der Waals surface area (Å²) in [7, 11) is 0. The van der Waals surface area contributed by atoms with Gasteiger partial charge in [-0.2, -0.15) is 0 Å². The van der Waals surface area contributed by atoms with Crippen LogP contribution in [0.5, 0.6) is 0 Å². The maximum atomic E-state index is 12.1. The lowest BCUT2D eigenvalue weighted by molar-refractivity contribution is -0.170. The van der Waals surface area contributed by atoms with Crippen molar-refractivity contribution in [3.8, 4) is 0 Å². The summed E-state index contributed by atoms with van der Waals surface area (Å²) in [5, 5.41) is 30.0. The molecule has 202 valence electrons. The maximum absolute atomic E-state index is 12.1. The van der Waals surface area contributed by atoms with Crippen molar-refractivity contribution >= 4 is 11.9 Å². The van der Waals surface area contributed by atoms with E-state index in [1.165, 1.54) is 6.08 Å². The summed E-state index contributed by atoms with van der Waals surface area (Å²) in [6.45, 7) is 8.93. The van der Waals surface area contributed by atoms with E-state index in [0.717, 1.165) is 37.7 Å². The molecule has 0 aliphatic carbocycles. The van der Waals surface area contributed by atoms with Gasteiger partial charge >= 0.3 is 11.9 Å². The number of rotatable bonds is 14. The predicted octanol–water partition coefficient (Wildman–Crippen LogP) is 3.87. The second-order valence-corrected chi connectivity index (χ2v) is 10.6. The fraction of sp³-hybridized carbons (Fsp3) is 0.852. The molecule has 2 rings (SSSR count). The first-order valence-electron chi connectivity index (χ1n) is 13.3. The molecule has 2 heterocycles. The highest BCUT2D eigenvalue weighted by Gasteiger charge is 2.43. The first-order chi connectivity index (χ1) is 16.6. The van der Waals surface area contributed by atoms with E-state index in [0.29, 0.717) is 44.3 Å². The quantitative estimate of drug-likeness (QED) is 0.187. The summed E-state index contributed by atoms with van der Waals surface area (Å²) in [6.07, 6.45) is 5.74. The summed E-state index contributed by atoms with van der Waals surface area (Å²) < 4.78 is 17.2. The van der Waals surface area contributed by atoms with Crippen molar-refractivity contribution in [3.05, 3.63) is 11.6 Å². The molecule has 2 saturated heterocycles. The number of carbonyl (C=O) groups is 2. The topological polar surface area (TPSA) is 123 Å². The van der Waals surface area contributed by atoms with Crippen molar-refractivity contribution in [2.24, 2.45) is 17.8 Å². The Bertz CT molecular complexity index is 693. The van der Waals surface area contributed by atoms with Gasteiger partial charge in [0, 0.05) is 18.4 Å². The molecule has 2 aliphatic rings. The van der Waals surface area contributed by atoms with E-state index in [1.807, 2.05) is 0 Å². The van der Waals surface area contributed by atoms with Gasteiger partial charge in [-0.1, -0.05) is 45.1 Å². The molecule has 35 heavy (non-hydrogen) atoms. The Hall–Kier alpha value is -1.48.